The number of ketones is 1. The lowest BCUT2D eigenvalue weighted by Gasteiger charge is -2.13. The van der Waals surface area contributed by atoms with E-state index in [1.807, 2.05) is 0 Å². The van der Waals surface area contributed by atoms with Gasteiger partial charge in [0.15, 0.2) is 5.78 Å². The summed E-state index contributed by atoms with van der Waals surface area (Å²) in [6.07, 6.45) is 0. The van der Waals surface area contributed by atoms with Gasteiger partial charge in [-0.05, 0) is 17.7 Å². The average Bonchev–Trinajstić information content (AvgIpc) is 2.39. The molecule has 0 aliphatic heterocycles. The Hall–Kier alpha value is -1.84. The average molecular weight is 309 g/mol. The molecule has 20 heavy (non-hydrogen) atoms. The summed E-state index contributed by atoms with van der Waals surface area (Å²) < 4.78 is 0. The van der Waals surface area contributed by atoms with Crippen LogP contribution in [0.1, 0.15) is 21.8 Å². The number of aliphatic carboxylic acids is 1. The van der Waals surface area contributed by atoms with Crippen LogP contribution >= 0.6 is 23.2 Å². The second kappa shape index (κ2) is 6.07. The van der Waals surface area contributed by atoms with Gasteiger partial charge in [0.1, 0.15) is 5.92 Å². The third-order valence-electron chi connectivity index (χ3n) is 2.85. The maximum atomic E-state index is 12.5. The molecule has 2 aromatic rings. The molecule has 102 valence electrons. The fourth-order valence-corrected chi connectivity index (χ4v) is 2.51. The lowest BCUT2D eigenvalue weighted by Crippen LogP contribution is -2.22. The van der Waals surface area contributed by atoms with E-state index in [-0.39, 0.29) is 15.6 Å². The lowest BCUT2D eigenvalue weighted by atomic mass is 9.90. The molecule has 0 fully saturated rings. The summed E-state index contributed by atoms with van der Waals surface area (Å²) in [6, 6.07) is 12.9. The second-order valence-electron chi connectivity index (χ2n) is 4.14. The normalized spacial score (nSPS) is 11.9. The minimum absolute atomic E-state index is 0.0343. The first-order chi connectivity index (χ1) is 9.52. The van der Waals surface area contributed by atoms with Crippen molar-refractivity contribution >= 4 is 35.0 Å². The van der Waals surface area contributed by atoms with Crippen molar-refractivity contribution in [3.63, 3.8) is 0 Å². The molecule has 0 amide bonds. The maximum Gasteiger partial charge on any atom is 0.318 e. The highest BCUT2D eigenvalue weighted by molar-refractivity contribution is 6.40. The monoisotopic (exact) mass is 308 g/mol. The molecule has 1 unspecified atom stereocenters. The van der Waals surface area contributed by atoms with Gasteiger partial charge in [-0.1, -0.05) is 59.6 Å². The molecule has 0 saturated heterocycles. The second-order valence-corrected chi connectivity index (χ2v) is 4.96. The highest BCUT2D eigenvalue weighted by atomic mass is 35.5. The van der Waals surface area contributed by atoms with Crippen LogP contribution in [0.15, 0.2) is 48.5 Å². The van der Waals surface area contributed by atoms with Crippen LogP contribution in [0.25, 0.3) is 0 Å². The van der Waals surface area contributed by atoms with Gasteiger partial charge in [-0.25, -0.2) is 0 Å². The topological polar surface area (TPSA) is 54.4 Å². The molecule has 1 N–H and O–H groups in total. The van der Waals surface area contributed by atoms with Crippen molar-refractivity contribution in [3.8, 4) is 0 Å². The summed E-state index contributed by atoms with van der Waals surface area (Å²) in [5, 5.41) is 9.62. The molecular formula is C15H10Cl2O3. The van der Waals surface area contributed by atoms with Crippen LogP contribution in [0.3, 0.4) is 0 Å². The Bertz CT molecular complexity index is 633. The molecule has 0 heterocycles. The van der Waals surface area contributed by atoms with Crippen LogP contribution in [0.2, 0.25) is 10.0 Å². The molecule has 2 aromatic carbocycles. The first-order valence-corrected chi connectivity index (χ1v) is 6.54. The zero-order valence-electron chi connectivity index (χ0n) is 10.2. The molecule has 1 atom stereocenters. The quantitative estimate of drug-likeness (QED) is 0.685. The van der Waals surface area contributed by atoms with E-state index >= 15 is 0 Å². The van der Waals surface area contributed by atoms with Gasteiger partial charge in [0.2, 0.25) is 0 Å². The zero-order chi connectivity index (χ0) is 14.7. The summed E-state index contributed by atoms with van der Waals surface area (Å²) >= 11 is 11.9. The predicted octanol–water partition coefficient (Wildman–Crippen LogP) is 4.04. The fourth-order valence-electron chi connectivity index (χ4n) is 1.93. The Kier molecular flexibility index (Phi) is 4.42. The molecule has 0 spiro atoms. The Morgan fingerprint density at radius 3 is 1.95 bits per heavy atom. The van der Waals surface area contributed by atoms with Crippen molar-refractivity contribution in [2.45, 2.75) is 5.92 Å². The summed E-state index contributed by atoms with van der Waals surface area (Å²) in [4.78, 5) is 23.9. The van der Waals surface area contributed by atoms with Crippen LogP contribution in [-0.4, -0.2) is 16.9 Å². The van der Waals surface area contributed by atoms with Gasteiger partial charge in [-0.15, -0.1) is 0 Å². The van der Waals surface area contributed by atoms with E-state index in [2.05, 4.69) is 0 Å². The first kappa shape index (κ1) is 14.6. The van der Waals surface area contributed by atoms with Crippen LogP contribution < -0.4 is 0 Å². The van der Waals surface area contributed by atoms with E-state index in [0.29, 0.717) is 5.56 Å². The maximum absolute atomic E-state index is 12.5. The lowest BCUT2D eigenvalue weighted by molar-refractivity contribution is -0.137. The van der Waals surface area contributed by atoms with Crippen molar-refractivity contribution in [2.24, 2.45) is 0 Å². The number of carboxylic acid groups (broad SMARTS) is 1. The SMILES string of the molecule is O=C(O)C(C(=O)c1c(Cl)cccc1Cl)c1ccccc1. The molecular weight excluding hydrogens is 299 g/mol. The van der Waals surface area contributed by atoms with Gasteiger partial charge in [0, 0.05) is 0 Å². The van der Waals surface area contributed by atoms with Gasteiger partial charge < -0.3 is 5.11 Å². The van der Waals surface area contributed by atoms with Crippen molar-refractivity contribution in [3.05, 3.63) is 69.7 Å². The predicted molar refractivity (Wildman–Crippen MR) is 77.6 cm³/mol. The minimum Gasteiger partial charge on any atom is -0.480 e. The molecule has 2 rings (SSSR count). The smallest absolute Gasteiger partial charge is 0.318 e. The van der Waals surface area contributed by atoms with Crippen LogP contribution in [0.4, 0.5) is 0 Å². The van der Waals surface area contributed by atoms with Gasteiger partial charge in [0.25, 0.3) is 0 Å². The van der Waals surface area contributed by atoms with E-state index in [0.717, 1.165) is 0 Å². The third-order valence-corrected chi connectivity index (χ3v) is 3.48. The third kappa shape index (κ3) is 2.84. The molecule has 5 heteroatoms. The molecule has 0 radical (unpaired) electrons. The number of hydrogen-bond donors (Lipinski definition) is 1. The van der Waals surface area contributed by atoms with Crippen LogP contribution in [0.5, 0.6) is 0 Å². The Morgan fingerprint density at radius 2 is 1.45 bits per heavy atom. The Balaban J connectivity index is 2.51. The van der Waals surface area contributed by atoms with E-state index < -0.39 is 17.7 Å². The van der Waals surface area contributed by atoms with E-state index in [9.17, 15) is 14.7 Å². The number of benzene rings is 2. The minimum atomic E-state index is -1.33. The standard InChI is InChI=1S/C15H10Cl2O3/c16-10-7-4-8-11(17)13(10)14(18)12(15(19)20)9-5-2-1-3-6-9/h1-8,12H,(H,19,20). The van der Waals surface area contributed by atoms with Gasteiger partial charge in [-0.3, -0.25) is 9.59 Å². The summed E-state index contributed by atoms with van der Waals surface area (Å²) in [6.45, 7) is 0. The van der Waals surface area contributed by atoms with Crippen molar-refractivity contribution in [1.29, 1.82) is 0 Å². The summed E-state index contributed by atoms with van der Waals surface area (Å²) in [7, 11) is 0. The van der Waals surface area contributed by atoms with Crippen molar-refractivity contribution in [1.82, 2.24) is 0 Å². The molecule has 0 aliphatic rings. The number of halogens is 2. The highest BCUT2D eigenvalue weighted by Gasteiger charge is 2.31. The highest BCUT2D eigenvalue weighted by Crippen LogP contribution is 2.30. The summed E-state index contributed by atoms with van der Waals surface area (Å²) in [5.74, 6) is -3.19. The number of Topliss-reactive ketones (excluding diaryl/α,β-unsaturated/α-hetero) is 1. The van der Waals surface area contributed by atoms with E-state index in [4.69, 9.17) is 23.2 Å². The zero-order valence-corrected chi connectivity index (χ0v) is 11.7. The Morgan fingerprint density at radius 1 is 0.900 bits per heavy atom. The van der Waals surface area contributed by atoms with Gasteiger partial charge in [0.05, 0.1) is 15.6 Å². The molecule has 3 nitrogen and oxygen atoms in total. The first-order valence-electron chi connectivity index (χ1n) is 5.78. The van der Waals surface area contributed by atoms with Crippen LogP contribution in [0, 0.1) is 0 Å². The molecule has 0 aromatic heterocycles. The molecule has 0 bridgehead atoms. The van der Waals surface area contributed by atoms with Crippen LogP contribution in [-0.2, 0) is 4.79 Å². The van der Waals surface area contributed by atoms with Gasteiger partial charge >= 0.3 is 5.97 Å². The number of carboxylic acids is 1. The summed E-state index contributed by atoms with van der Waals surface area (Å²) in [5.41, 5.74) is 0.424. The number of hydrogen-bond acceptors (Lipinski definition) is 2. The largest absolute Gasteiger partial charge is 0.480 e. The van der Waals surface area contributed by atoms with E-state index in [1.54, 1.807) is 36.4 Å². The van der Waals surface area contributed by atoms with Crippen molar-refractivity contribution in [2.75, 3.05) is 0 Å². The number of rotatable bonds is 4. The van der Waals surface area contributed by atoms with E-state index in [1.165, 1.54) is 12.1 Å². The van der Waals surface area contributed by atoms with Gasteiger partial charge in [-0.2, -0.15) is 0 Å². The Labute approximate surface area is 125 Å². The number of carbonyl (C=O) groups is 2. The molecule has 0 aliphatic carbocycles. The number of carbonyl (C=O) groups excluding carboxylic acids is 1. The molecule has 0 saturated carbocycles. The fraction of sp³-hybridized carbons (Fsp3) is 0.0667. The van der Waals surface area contributed by atoms with Crippen molar-refractivity contribution < 1.29 is 14.7 Å².